The molecule has 0 aromatic heterocycles. The van der Waals surface area contributed by atoms with Crippen molar-refractivity contribution in [3.05, 3.63) is 101 Å². The van der Waals surface area contributed by atoms with E-state index in [1.807, 2.05) is 54.6 Å². The molecule has 0 bridgehead atoms. The van der Waals surface area contributed by atoms with Gasteiger partial charge in [0, 0.05) is 21.8 Å². The fourth-order valence-corrected chi connectivity index (χ4v) is 2.35. The van der Waals surface area contributed by atoms with Crippen LogP contribution in [0.3, 0.4) is 0 Å². The van der Waals surface area contributed by atoms with E-state index in [1.165, 1.54) is 6.21 Å². The van der Waals surface area contributed by atoms with E-state index < -0.39 is 6.09 Å². The second-order valence-electron chi connectivity index (χ2n) is 5.49. The molecule has 27 heavy (non-hydrogen) atoms. The molecule has 3 rings (SSSR count). The lowest BCUT2D eigenvalue weighted by atomic mass is 10.1. The maximum atomic E-state index is 11.7. The van der Waals surface area contributed by atoms with Gasteiger partial charge in [0.25, 0.3) is 0 Å². The predicted octanol–water partition coefficient (Wildman–Crippen LogP) is 5.32. The molecule has 0 aliphatic heterocycles. The SMILES string of the molecule is O=C(Nc1cccc(Cl)c1)ON=Cc1ccc(C#Cc2ccccc2)cc1. The zero-order valence-corrected chi connectivity index (χ0v) is 15.0. The normalized spacial score (nSPS) is 10.1. The minimum Gasteiger partial charge on any atom is -0.298 e. The van der Waals surface area contributed by atoms with Gasteiger partial charge in [0.1, 0.15) is 0 Å². The van der Waals surface area contributed by atoms with Gasteiger partial charge in [-0.25, -0.2) is 4.79 Å². The summed E-state index contributed by atoms with van der Waals surface area (Å²) in [6.07, 6.45) is 0.755. The molecular formula is C22H15ClN2O2. The molecule has 0 atom stereocenters. The van der Waals surface area contributed by atoms with Gasteiger partial charge in [0.2, 0.25) is 0 Å². The zero-order valence-electron chi connectivity index (χ0n) is 14.2. The lowest BCUT2D eigenvalue weighted by molar-refractivity contribution is 0.167. The molecule has 4 nitrogen and oxygen atoms in total. The Balaban J connectivity index is 1.53. The molecule has 0 saturated heterocycles. The maximum Gasteiger partial charge on any atom is 0.437 e. The second-order valence-corrected chi connectivity index (χ2v) is 5.92. The van der Waals surface area contributed by atoms with Gasteiger partial charge in [-0.2, -0.15) is 0 Å². The number of nitrogens with zero attached hydrogens (tertiary/aromatic N) is 1. The average molecular weight is 375 g/mol. The van der Waals surface area contributed by atoms with Crippen LogP contribution in [0.15, 0.2) is 84.0 Å². The van der Waals surface area contributed by atoms with Crippen molar-refractivity contribution >= 4 is 29.6 Å². The summed E-state index contributed by atoms with van der Waals surface area (Å²) in [5.74, 6) is 6.19. The van der Waals surface area contributed by atoms with Crippen molar-refractivity contribution in [2.75, 3.05) is 5.32 Å². The van der Waals surface area contributed by atoms with E-state index in [1.54, 1.807) is 24.3 Å². The number of carbonyl (C=O) groups excluding carboxylic acids is 1. The third-order valence-electron chi connectivity index (χ3n) is 3.44. The highest BCUT2D eigenvalue weighted by Gasteiger charge is 2.02. The molecule has 0 fully saturated rings. The van der Waals surface area contributed by atoms with Crippen LogP contribution in [0.25, 0.3) is 0 Å². The molecule has 0 heterocycles. The Morgan fingerprint density at radius 1 is 0.926 bits per heavy atom. The van der Waals surface area contributed by atoms with E-state index in [0.717, 1.165) is 16.7 Å². The van der Waals surface area contributed by atoms with Crippen LogP contribution in [0, 0.1) is 11.8 Å². The van der Waals surface area contributed by atoms with Crippen molar-refractivity contribution in [3.8, 4) is 11.8 Å². The number of anilines is 1. The number of benzene rings is 3. The summed E-state index contributed by atoms with van der Waals surface area (Å²) < 4.78 is 0. The number of hydrogen-bond acceptors (Lipinski definition) is 3. The molecule has 0 aliphatic carbocycles. The molecule has 132 valence electrons. The maximum absolute atomic E-state index is 11.7. The summed E-state index contributed by atoms with van der Waals surface area (Å²) in [7, 11) is 0. The highest BCUT2D eigenvalue weighted by Crippen LogP contribution is 2.15. The molecule has 0 unspecified atom stereocenters. The van der Waals surface area contributed by atoms with Gasteiger partial charge in [-0.3, -0.25) is 10.2 Å². The number of rotatable bonds is 3. The van der Waals surface area contributed by atoms with Gasteiger partial charge in [-0.15, -0.1) is 0 Å². The van der Waals surface area contributed by atoms with Crippen LogP contribution in [0.1, 0.15) is 16.7 Å². The van der Waals surface area contributed by atoms with E-state index in [0.29, 0.717) is 10.7 Å². The smallest absolute Gasteiger partial charge is 0.298 e. The van der Waals surface area contributed by atoms with E-state index >= 15 is 0 Å². The highest BCUT2D eigenvalue weighted by atomic mass is 35.5. The van der Waals surface area contributed by atoms with Crippen molar-refractivity contribution in [1.29, 1.82) is 0 Å². The van der Waals surface area contributed by atoms with E-state index in [2.05, 4.69) is 22.3 Å². The standard InChI is InChI=1S/C22H15ClN2O2/c23-20-7-4-8-21(15-20)25-22(26)27-24-16-19-13-11-18(12-14-19)10-9-17-5-2-1-3-6-17/h1-8,11-16H,(H,25,26). The van der Waals surface area contributed by atoms with E-state index in [9.17, 15) is 4.79 Å². The summed E-state index contributed by atoms with van der Waals surface area (Å²) >= 11 is 5.85. The molecular weight excluding hydrogens is 360 g/mol. The largest absolute Gasteiger partial charge is 0.437 e. The first kappa shape index (κ1) is 18.2. The van der Waals surface area contributed by atoms with Gasteiger partial charge in [0.15, 0.2) is 0 Å². The first-order valence-corrected chi connectivity index (χ1v) is 8.51. The monoisotopic (exact) mass is 374 g/mol. The number of carbonyl (C=O) groups is 1. The summed E-state index contributed by atoms with van der Waals surface area (Å²) in [6.45, 7) is 0. The van der Waals surface area contributed by atoms with Crippen LogP contribution in [-0.2, 0) is 4.84 Å². The molecule has 1 N–H and O–H groups in total. The predicted molar refractivity (Wildman–Crippen MR) is 108 cm³/mol. The molecule has 1 amide bonds. The van der Waals surface area contributed by atoms with Gasteiger partial charge in [-0.05, 0) is 48.0 Å². The molecule has 0 spiro atoms. The Morgan fingerprint density at radius 3 is 2.33 bits per heavy atom. The molecule has 0 radical (unpaired) electrons. The van der Waals surface area contributed by atoms with Crippen molar-refractivity contribution in [2.45, 2.75) is 0 Å². The summed E-state index contributed by atoms with van der Waals surface area (Å²) in [6, 6.07) is 24.0. The summed E-state index contributed by atoms with van der Waals surface area (Å²) in [5.41, 5.74) is 3.16. The van der Waals surface area contributed by atoms with Gasteiger partial charge in [0.05, 0.1) is 6.21 Å². The lowest BCUT2D eigenvalue weighted by Gasteiger charge is -2.02. The first-order chi connectivity index (χ1) is 13.2. The minimum atomic E-state index is -0.695. The summed E-state index contributed by atoms with van der Waals surface area (Å²) in [5, 5.41) is 6.73. The number of oxime groups is 1. The fraction of sp³-hybridized carbons (Fsp3) is 0. The Labute approximate surface area is 162 Å². The number of hydrogen-bond donors (Lipinski definition) is 1. The Morgan fingerprint density at radius 2 is 1.63 bits per heavy atom. The second kappa shape index (κ2) is 9.23. The quantitative estimate of drug-likeness (QED) is 0.292. The van der Waals surface area contributed by atoms with Crippen molar-refractivity contribution in [1.82, 2.24) is 0 Å². The van der Waals surface area contributed by atoms with Gasteiger partial charge >= 0.3 is 6.09 Å². The molecule has 0 aliphatic rings. The topological polar surface area (TPSA) is 50.7 Å². The first-order valence-electron chi connectivity index (χ1n) is 8.13. The molecule has 0 saturated carbocycles. The lowest BCUT2D eigenvalue weighted by Crippen LogP contribution is -2.10. The third-order valence-corrected chi connectivity index (χ3v) is 3.68. The third kappa shape index (κ3) is 6.03. The summed E-state index contributed by atoms with van der Waals surface area (Å²) in [4.78, 5) is 16.5. The highest BCUT2D eigenvalue weighted by molar-refractivity contribution is 6.30. The Bertz CT molecular complexity index is 1000. The van der Waals surface area contributed by atoms with Crippen LogP contribution in [0.4, 0.5) is 10.5 Å². The number of amides is 1. The van der Waals surface area contributed by atoms with Crippen molar-refractivity contribution in [2.24, 2.45) is 5.16 Å². The van der Waals surface area contributed by atoms with Gasteiger partial charge in [-0.1, -0.05) is 65.0 Å². The van der Waals surface area contributed by atoms with E-state index in [-0.39, 0.29) is 0 Å². The van der Waals surface area contributed by atoms with E-state index in [4.69, 9.17) is 16.4 Å². The minimum absolute atomic E-state index is 0.520. The Kier molecular flexibility index (Phi) is 6.24. The van der Waals surface area contributed by atoms with Crippen molar-refractivity contribution < 1.29 is 9.63 Å². The number of halogens is 1. The molecule has 3 aromatic carbocycles. The van der Waals surface area contributed by atoms with Crippen LogP contribution in [0.5, 0.6) is 0 Å². The van der Waals surface area contributed by atoms with Gasteiger partial charge < -0.3 is 0 Å². The molecule has 5 heteroatoms. The Hall–Kier alpha value is -3.55. The van der Waals surface area contributed by atoms with Crippen LogP contribution in [-0.4, -0.2) is 12.3 Å². The molecule has 3 aromatic rings. The fourth-order valence-electron chi connectivity index (χ4n) is 2.16. The van der Waals surface area contributed by atoms with Crippen LogP contribution < -0.4 is 5.32 Å². The van der Waals surface area contributed by atoms with Crippen molar-refractivity contribution in [3.63, 3.8) is 0 Å². The average Bonchev–Trinajstić information content (AvgIpc) is 2.68. The zero-order chi connectivity index (χ0) is 18.9. The van der Waals surface area contributed by atoms with Crippen LogP contribution >= 0.6 is 11.6 Å². The number of nitrogens with one attached hydrogen (secondary N) is 1. The van der Waals surface area contributed by atoms with Crippen LogP contribution in [0.2, 0.25) is 5.02 Å².